The molecule has 10 nitrogen and oxygen atoms in total. The fraction of sp³-hybridized carbons (Fsp3) is 0.333. The maximum Gasteiger partial charge on any atom is 0.404 e. The lowest BCUT2D eigenvalue weighted by Gasteiger charge is -2.28. The van der Waals surface area contributed by atoms with Crippen LogP contribution in [0, 0.1) is 0 Å². The molecule has 1 amide bonds. The Morgan fingerprint density at radius 2 is 2.10 bits per heavy atom. The molecule has 10 heteroatoms. The topological polar surface area (TPSA) is 117 Å². The molecule has 1 saturated heterocycles. The molecule has 0 spiro atoms. The van der Waals surface area contributed by atoms with E-state index in [0.717, 1.165) is 48.8 Å². The molecule has 0 saturated carbocycles. The normalized spacial score (nSPS) is 18.8. The number of carboxylic acid groups (broad SMARTS) is 1. The van der Waals surface area contributed by atoms with Gasteiger partial charge < -0.3 is 25.4 Å². The van der Waals surface area contributed by atoms with Crippen LogP contribution < -0.4 is 15.5 Å². The maximum atomic E-state index is 10.9. The molecule has 1 aliphatic heterocycles. The van der Waals surface area contributed by atoms with Gasteiger partial charge in [-0.1, -0.05) is 6.08 Å². The number of rotatable bonds is 5. The number of pyridine rings is 2. The number of nitrogens with zero attached hydrogens (tertiary/aromatic N) is 5. The number of nitrogens with one attached hydrogen (secondary N) is 2. The van der Waals surface area contributed by atoms with Crippen LogP contribution in [0.5, 0.6) is 0 Å². The quantitative estimate of drug-likeness (QED) is 0.575. The minimum Gasteiger partial charge on any atom is -0.465 e. The molecule has 160 valence electrons. The molecule has 1 aliphatic carbocycles. The van der Waals surface area contributed by atoms with Crippen LogP contribution >= 0.6 is 0 Å². The van der Waals surface area contributed by atoms with Crippen molar-refractivity contribution in [2.45, 2.75) is 18.9 Å². The van der Waals surface area contributed by atoms with E-state index in [1.54, 1.807) is 4.52 Å². The molecule has 3 aromatic rings. The van der Waals surface area contributed by atoms with Crippen molar-refractivity contribution in [2.75, 3.05) is 36.5 Å². The Morgan fingerprint density at radius 1 is 1.23 bits per heavy atom. The number of morpholine rings is 1. The summed E-state index contributed by atoms with van der Waals surface area (Å²) in [5.74, 6) is 0.713. The highest BCUT2D eigenvalue weighted by Crippen LogP contribution is 2.31. The van der Waals surface area contributed by atoms with Crippen LogP contribution in [0.1, 0.15) is 18.4 Å². The first-order valence-corrected chi connectivity index (χ1v) is 10.2. The molecule has 1 unspecified atom stereocenters. The van der Waals surface area contributed by atoms with Crippen LogP contribution in [0.3, 0.4) is 0 Å². The Labute approximate surface area is 178 Å². The van der Waals surface area contributed by atoms with Crippen molar-refractivity contribution in [2.24, 2.45) is 0 Å². The molecule has 31 heavy (non-hydrogen) atoms. The third-order valence-corrected chi connectivity index (χ3v) is 5.58. The van der Waals surface area contributed by atoms with Crippen molar-refractivity contribution in [3.05, 3.63) is 48.6 Å². The summed E-state index contributed by atoms with van der Waals surface area (Å²) in [6, 6.07) is 5.90. The van der Waals surface area contributed by atoms with E-state index in [0.29, 0.717) is 24.3 Å². The second-order valence-electron chi connectivity index (χ2n) is 7.61. The summed E-state index contributed by atoms with van der Waals surface area (Å²) in [4.78, 5) is 22.1. The molecule has 2 aliphatic rings. The van der Waals surface area contributed by atoms with Gasteiger partial charge in [0.05, 0.1) is 30.8 Å². The number of fused-ring (bicyclic) bond motifs is 1. The van der Waals surface area contributed by atoms with Gasteiger partial charge in [0.25, 0.3) is 0 Å². The lowest BCUT2D eigenvalue weighted by atomic mass is 10.1. The summed E-state index contributed by atoms with van der Waals surface area (Å²) >= 11 is 0. The van der Waals surface area contributed by atoms with Crippen molar-refractivity contribution >= 4 is 34.5 Å². The van der Waals surface area contributed by atoms with Gasteiger partial charge in [0, 0.05) is 25.3 Å². The van der Waals surface area contributed by atoms with E-state index in [1.165, 1.54) is 6.33 Å². The minimum atomic E-state index is -1.000. The Bertz CT molecular complexity index is 1120. The molecule has 0 radical (unpaired) electrons. The smallest absolute Gasteiger partial charge is 0.404 e. The Balaban J connectivity index is 1.37. The number of amides is 1. The number of hydrogen-bond acceptors (Lipinski definition) is 7. The summed E-state index contributed by atoms with van der Waals surface area (Å²) in [5, 5.41) is 19.2. The van der Waals surface area contributed by atoms with E-state index in [9.17, 15) is 4.79 Å². The highest BCUT2D eigenvalue weighted by molar-refractivity contribution is 5.79. The molecular weight excluding hydrogens is 398 g/mol. The van der Waals surface area contributed by atoms with Crippen molar-refractivity contribution in [3.63, 3.8) is 0 Å². The zero-order valence-electron chi connectivity index (χ0n) is 16.9. The summed E-state index contributed by atoms with van der Waals surface area (Å²) in [7, 11) is 0. The molecule has 0 bridgehead atoms. The first kappa shape index (κ1) is 19.3. The van der Waals surface area contributed by atoms with E-state index in [1.807, 2.05) is 30.6 Å². The summed E-state index contributed by atoms with van der Waals surface area (Å²) < 4.78 is 7.13. The zero-order valence-corrected chi connectivity index (χ0v) is 16.9. The fourth-order valence-electron chi connectivity index (χ4n) is 4.04. The minimum absolute atomic E-state index is 0.107. The van der Waals surface area contributed by atoms with Gasteiger partial charge in [0.2, 0.25) is 0 Å². The van der Waals surface area contributed by atoms with E-state index in [-0.39, 0.29) is 6.04 Å². The third-order valence-electron chi connectivity index (χ3n) is 5.58. The number of hydrogen-bond donors (Lipinski definition) is 3. The predicted molar refractivity (Wildman–Crippen MR) is 116 cm³/mol. The van der Waals surface area contributed by atoms with Crippen molar-refractivity contribution in [3.8, 4) is 0 Å². The van der Waals surface area contributed by atoms with Crippen molar-refractivity contribution in [1.82, 2.24) is 24.9 Å². The third kappa shape index (κ3) is 4.15. The van der Waals surface area contributed by atoms with Crippen LogP contribution in [-0.2, 0) is 4.74 Å². The second-order valence-corrected chi connectivity index (χ2v) is 7.61. The number of carbonyl (C=O) groups is 1. The van der Waals surface area contributed by atoms with Crippen LogP contribution in [0.15, 0.2) is 43.0 Å². The molecule has 3 aromatic heterocycles. The predicted octanol–water partition coefficient (Wildman–Crippen LogP) is 2.52. The Morgan fingerprint density at radius 3 is 2.87 bits per heavy atom. The van der Waals surface area contributed by atoms with Gasteiger partial charge >= 0.3 is 6.09 Å². The van der Waals surface area contributed by atoms with E-state index in [2.05, 4.69) is 36.7 Å². The summed E-state index contributed by atoms with van der Waals surface area (Å²) in [6.45, 7) is 3.19. The van der Waals surface area contributed by atoms with Gasteiger partial charge in [-0.05, 0) is 42.2 Å². The number of anilines is 3. The molecule has 4 heterocycles. The van der Waals surface area contributed by atoms with Crippen molar-refractivity contribution in [1.29, 1.82) is 0 Å². The Kier molecular flexibility index (Phi) is 5.13. The lowest BCUT2D eigenvalue weighted by Crippen LogP contribution is -2.36. The van der Waals surface area contributed by atoms with E-state index < -0.39 is 6.09 Å². The molecular formula is C21H23N7O3. The summed E-state index contributed by atoms with van der Waals surface area (Å²) in [6.07, 6.45) is 7.66. The van der Waals surface area contributed by atoms with Crippen LogP contribution in [0.4, 0.5) is 22.0 Å². The van der Waals surface area contributed by atoms with E-state index in [4.69, 9.17) is 9.84 Å². The monoisotopic (exact) mass is 421 g/mol. The summed E-state index contributed by atoms with van der Waals surface area (Å²) in [5.41, 5.74) is 4.61. The average Bonchev–Trinajstić information content (AvgIpc) is 3.44. The molecule has 0 aromatic carbocycles. The number of aromatic nitrogens is 4. The molecule has 1 atom stereocenters. The standard InChI is InChI=1S/C21H23N7O3/c29-21(30)25-16-2-1-14(9-16)15-10-18(20-23-13-24-28(20)12-15)26-19-4-3-17(11-22-19)27-5-7-31-8-6-27/h1,3-4,10-13,16,25H,2,5-9H2,(H,22,26)(H,29,30). The molecule has 1 fully saturated rings. The fourth-order valence-corrected chi connectivity index (χ4v) is 4.04. The van der Waals surface area contributed by atoms with Gasteiger partial charge in [-0.25, -0.2) is 19.3 Å². The van der Waals surface area contributed by atoms with Gasteiger partial charge in [0.1, 0.15) is 12.1 Å². The highest BCUT2D eigenvalue weighted by atomic mass is 16.5. The number of ether oxygens (including phenoxy) is 1. The van der Waals surface area contributed by atoms with Crippen molar-refractivity contribution < 1.29 is 14.6 Å². The van der Waals surface area contributed by atoms with Gasteiger partial charge in [-0.3, -0.25) is 0 Å². The van der Waals surface area contributed by atoms with Crippen LogP contribution in [-0.4, -0.2) is 63.1 Å². The van der Waals surface area contributed by atoms with Gasteiger partial charge in [-0.2, -0.15) is 5.10 Å². The second kappa shape index (κ2) is 8.23. The average molecular weight is 421 g/mol. The zero-order chi connectivity index (χ0) is 21.2. The molecule has 5 rings (SSSR count). The van der Waals surface area contributed by atoms with Crippen LogP contribution in [0.2, 0.25) is 0 Å². The Hall–Kier alpha value is -3.66. The maximum absolute atomic E-state index is 10.9. The highest BCUT2D eigenvalue weighted by Gasteiger charge is 2.21. The van der Waals surface area contributed by atoms with Gasteiger partial charge in [0.15, 0.2) is 5.65 Å². The first-order chi connectivity index (χ1) is 15.2. The first-order valence-electron chi connectivity index (χ1n) is 10.2. The van der Waals surface area contributed by atoms with E-state index >= 15 is 0 Å². The largest absolute Gasteiger partial charge is 0.465 e. The lowest BCUT2D eigenvalue weighted by molar-refractivity contribution is 0.122. The molecule has 3 N–H and O–H groups in total. The van der Waals surface area contributed by atoms with Crippen LogP contribution in [0.25, 0.3) is 11.2 Å². The van der Waals surface area contributed by atoms with Gasteiger partial charge in [-0.15, -0.1) is 0 Å². The SMILES string of the molecule is O=C(O)NC1CC=C(c2cc(Nc3ccc(N4CCOCC4)cn3)c3ncnn3c2)C1.